The lowest BCUT2D eigenvalue weighted by Gasteiger charge is -2.20. The largest absolute Gasteiger partial charge is 0.342 e. The van der Waals surface area contributed by atoms with Crippen LogP contribution in [0.15, 0.2) is 0 Å². The maximum absolute atomic E-state index is 11.6. The Kier molecular flexibility index (Phi) is 6.27. The van der Waals surface area contributed by atoms with E-state index in [9.17, 15) is 14.4 Å². The second kappa shape index (κ2) is 7.73. The van der Waals surface area contributed by atoms with E-state index in [0.29, 0.717) is 19.6 Å². The lowest BCUT2D eigenvalue weighted by Crippen LogP contribution is -2.45. The van der Waals surface area contributed by atoms with E-state index in [-0.39, 0.29) is 18.4 Å². The first-order valence-electron chi connectivity index (χ1n) is 6.58. The molecule has 0 unspecified atom stereocenters. The molecule has 1 heterocycles. The van der Waals surface area contributed by atoms with Gasteiger partial charge in [0.25, 0.3) is 0 Å². The number of rotatable bonds is 3. The van der Waals surface area contributed by atoms with Crippen molar-refractivity contribution in [2.45, 2.75) is 20.3 Å². The van der Waals surface area contributed by atoms with Gasteiger partial charge in [-0.2, -0.15) is 0 Å². The van der Waals surface area contributed by atoms with E-state index in [1.54, 1.807) is 18.7 Å². The number of carbonyl (C=O) groups excluding carboxylic acids is 3. The van der Waals surface area contributed by atoms with Crippen LogP contribution in [0.3, 0.4) is 0 Å². The maximum atomic E-state index is 11.6. The lowest BCUT2D eigenvalue weighted by molar-refractivity contribution is -0.128. The van der Waals surface area contributed by atoms with Crippen LogP contribution in [0.25, 0.3) is 0 Å². The van der Waals surface area contributed by atoms with Crippen molar-refractivity contribution in [3.05, 3.63) is 0 Å². The highest BCUT2D eigenvalue weighted by atomic mass is 16.2. The molecule has 0 bridgehead atoms. The van der Waals surface area contributed by atoms with Crippen LogP contribution in [-0.4, -0.2) is 66.9 Å². The number of hydrogen-bond acceptors (Lipinski definition) is 4. The molecule has 0 radical (unpaired) electrons. The molecule has 108 valence electrons. The van der Waals surface area contributed by atoms with Crippen LogP contribution in [0.5, 0.6) is 0 Å². The van der Waals surface area contributed by atoms with Gasteiger partial charge in [-0.3, -0.25) is 19.8 Å². The molecule has 19 heavy (non-hydrogen) atoms. The highest BCUT2D eigenvalue weighted by molar-refractivity contribution is 5.95. The first kappa shape index (κ1) is 15.4. The van der Waals surface area contributed by atoms with Gasteiger partial charge >= 0.3 is 6.03 Å². The molecular formula is C12H22N4O3. The number of amides is 4. The van der Waals surface area contributed by atoms with Crippen molar-refractivity contribution in [2.75, 3.05) is 39.3 Å². The summed E-state index contributed by atoms with van der Waals surface area (Å²) in [5.74, 6) is -0.254. The van der Waals surface area contributed by atoms with Crippen molar-refractivity contribution >= 4 is 17.8 Å². The Bertz CT molecular complexity index is 346. The Morgan fingerprint density at radius 3 is 2.47 bits per heavy atom. The number of carbonyl (C=O) groups is 3. The Hall–Kier alpha value is -1.63. The van der Waals surface area contributed by atoms with E-state index in [4.69, 9.17) is 0 Å². The molecule has 4 amide bonds. The third-order valence-electron chi connectivity index (χ3n) is 2.99. The fourth-order valence-corrected chi connectivity index (χ4v) is 2.02. The smallest absolute Gasteiger partial charge is 0.321 e. The number of hydrogen-bond donors (Lipinski definition) is 2. The van der Waals surface area contributed by atoms with Gasteiger partial charge in [-0.25, -0.2) is 4.79 Å². The summed E-state index contributed by atoms with van der Waals surface area (Å²) in [6.45, 7) is 6.77. The summed E-state index contributed by atoms with van der Waals surface area (Å²) in [5, 5.41) is 4.78. The fraction of sp³-hybridized carbons (Fsp3) is 0.750. The van der Waals surface area contributed by atoms with Crippen molar-refractivity contribution in [3.8, 4) is 0 Å². The van der Waals surface area contributed by atoms with Crippen LogP contribution >= 0.6 is 0 Å². The van der Waals surface area contributed by atoms with E-state index in [1.807, 2.05) is 4.90 Å². The van der Waals surface area contributed by atoms with E-state index < -0.39 is 6.03 Å². The topological polar surface area (TPSA) is 81.8 Å². The average Bonchev–Trinajstić information content (AvgIpc) is 2.54. The Labute approximate surface area is 113 Å². The quantitative estimate of drug-likeness (QED) is 0.716. The molecule has 7 nitrogen and oxygen atoms in total. The van der Waals surface area contributed by atoms with E-state index >= 15 is 0 Å². The average molecular weight is 270 g/mol. The predicted octanol–water partition coefficient (Wildman–Crippen LogP) is -0.614. The molecule has 7 heteroatoms. The van der Waals surface area contributed by atoms with Crippen molar-refractivity contribution < 1.29 is 14.4 Å². The maximum Gasteiger partial charge on any atom is 0.321 e. The van der Waals surface area contributed by atoms with Gasteiger partial charge in [0.05, 0.1) is 6.54 Å². The molecule has 0 saturated carbocycles. The summed E-state index contributed by atoms with van der Waals surface area (Å²) in [7, 11) is 0. The molecular weight excluding hydrogens is 248 g/mol. The highest BCUT2D eigenvalue weighted by Crippen LogP contribution is 2.02. The first-order valence-corrected chi connectivity index (χ1v) is 6.58. The van der Waals surface area contributed by atoms with E-state index in [2.05, 4.69) is 10.6 Å². The van der Waals surface area contributed by atoms with Crippen molar-refractivity contribution in [1.29, 1.82) is 0 Å². The number of imide groups is 1. The minimum atomic E-state index is -0.465. The normalized spacial score (nSPS) is 16.6. The number of nitrogens with one attached hydrogen (secondary N) is 2. The van der Waals surface area contributed by atoms with Gasteiger partial charge in [0.15, 0.2) is 0 Å². The zero-order chi connectivity index (χ0) is 14.3. The van der Waals surface area contributed by atoms with Crippen molar-refractivity contribution in [2.24, 2.45) is 0 Å². The zero-order valence-corrected chi connectivity index (χ0v) is 11.6. The molecule has 0 atom stereocenters. The monoisotopic (exact) mass is 270 g/mol. The Balaban J connectivity index is 2.34. The standard InChI is InChI=1S/C12H22N4O3/c1-3-13-12(19)14-11(18)9-15-5-4-6-16(8-7-15)10(2)17/h3-9H2,1-2H3,(H2,13,14,18,19). The van der Waals surface area contributed by atoms with Crippen molar-refractivity contribution in [3.63, 3.8) is 0 Å². The van der Waals surface area contributed by atoms with E-state index in [0.717, 1.165) is 19.5 Å². The second-order valence-corrected chi connectivity index (χ2v) is 4.54. The molecule has 0 aromatic rings. The van der Waals surface area contributed by atoms with Gasteiger partial charge in [-0.15, -0.1) is 0 Å². The molecule has 0 aromatic carbocycles. The molecule has 1 aliphatic heterocycles. The van der Waals surface area contributed by atoms with Crippen LogP contribution in [0.2, 0.25) is 0 Å². The third-order valence-corrected chi connectivity index (χ3v) is 2.99. The van der Waals surface area contributed by atoms with Crippen LogP contribution in [0, 0.1) is 0 Å². The van der Waals surface area contributed by atoms with Gasteiger partial charge in [0, 0.05) is 39.6 Å². The van der Waals surface area contributed by atoms with Crippen LogP contribution in [0.1, 0.15) is 20.3 Å². The summed E-state index contributed by atoms with van der Waals surface area (Å²) in [6, 6.07) is -0.465. The number of urea groups is 1. The first-order chi connectivity index (χ1) is 9.02. The van der Waals surface area contributed by atoms with Gasteiger partial charge in [0.2, 0.25) is 11.8 Å². The van der Waals surface area contributed by atoms with Crippen LogP contribution in [0.4, 0.5) is 4.79 Å². The van der Waals surface area contributed by atoms with Gasteiger partial charge in [0.1, 0.15) is 0 Å². The van der Waals surface area contributed by atoms with Gasteiger partial charge < -0.3 is 10.2 Å². The summed E-state index contributed by atoms with van der Waals surface area (Å²) in [4.78, 5) is 37.8. The molecule has 1 fully saturated rings. The van der Waals surface area contributed by atoms with Crippen LogP contribution in [-0.2, 0) is 9.59 Å². The van der Waals surface area contributed by atoms with Crippen LogP contribution < -0.4 is 10.6 Å². The summed E-state index contributed by atoms with van der Waals surface area (Å²) in [5.41, 5.74) is 0. The highest BCUT2D eigenvalue weighted by Gasteiger charge is 2.18. The summed E-state index contributed by atoms with van der Waals surface area (Å²) < 4.78 is 0. The predicted molar refractivity (Wildman–Crippen MR) is 70.5 cm³/mol. The lowest BCUT2D eigenvalue weighted by atomic mass is 10.3. The Morgan fingerprint density at radius 1 is 1.11 bits per heavy atom. The fourth-order valence-electron chi connectivity index (χ4n) is 2.02. The minimum Gasteiger partial charge on any atom is -0.342 e. The third kappa shape index (κ3) is 5.69. The molecule has 1 aliphatic rings. The number of nitrogens with zero attached hydrogens (tertiary/aromatic N) is 2. The van der Waals surface area contributed by atoms with Gasteiger partial charge in [-0.05, 0) is 13.3 Å². The molecule has 1 rings (SSSR count). The second-order valence-electron chi connectivity index (χ2n) is 4.54. The molecule has 0 spiro atoms. The zero-order valence-electron chi connectivity index (χ0n) is 11.6. The minimum absolute atomic E-state index is 0.0635. The molecule has 1 saturated heterocycles. The van der Waals surface area contributed by atoms with E-state index in [1.165, 1.54) is 0 Å². The molecule has 0 aromatic heterocycles. The summed E-state index contributed by atoms with van der Waals surface area (Å²) >= 11 is 0. The van der Waals surface area contributed by atoms with Crippen molar-refractivity contribution in [1.82, 2.24) is 20.4 Å². The molecule has 2 N–H and O–H groups in total. The Morgan fingerprint density at radius 2 is 1.84 bits per heavy atom. The SMILES string of the molecule is CCNC(=O)NC(=O)CN1CCCN(C(C)=O)CC1. The van der Waals surface area contributed by atoms with Gasteiger partial charge in [-0.1, -0.05) is 0 Å². The summed E-state index contributed by atoms with van der Waals surface area (Å²) in [6.07, 6.45) is 0.841. The molecule has 0 aliphatic carbocycles.